The summed E-state index contributed by atoms with van der Waals surface area (Å²) in [6, 6.07) is 7.68. The fraction of sp³-hybridized carbons (Fsp3) is 0.214. The molecule has 0 spiro atoms. The Morgan fingerprint density at radius 1 is 1.52 bits per heavy atom. The number of nitrogens with one attached hydrogen (secondary N) is 1. The van der Waals surface area contributed by atoms with Crippen LogP contribution in [0.1, 0.15) is 5.82 Å². The van der Waals surface area contributed by atoms with Crippen LogP contribution in [-0.2, 0) is 11.3 Å². The third-order valence-corrected chi connectivity index (χ3v) is 4.29. The molecule has 0 atom stereocenters. The van der Waals surface area contributed by atoms with E-state index in [0.717, 1.165) is 20.2 Å². The maximum absolute atomic E-state index is 12.0. The van der Waals surface area contributed by atoms with Crippen LogP contribution in [0.4, 0.5) is 5.69 Å². The number of benzene rings is 1. The Morgan fingerprint density at radius 2 is 2.33 bits per heavy atom. The molecule has 0 aliphatic carbocycles. The molecular formula is C14H15IN4OS. The van der Waals surface area contributed by atoms with Crippen LogP contribution in [0.15, 0.2) is 42.1 Å². The zero-order valence-electron chi connectivity index (χ0n) is 11.5. The van der Waals surface area contributed by atoms with Gasteiger partial charge in [-0.2, -0.15) is 0 Å². The Balaban J connectivity index is 1.94. The van der Waals surface area contributed by atoms with Crippen molar-refractivity contribution in [3.8, 4) is 0 Å². The molecule has 2 aromatic rings. The van der Waals surface area contributed by atoms with Gasteiger partial charge in [-0.05, 0) is 47.7 Å². The first-order chi connectivity index (χ1) is 10.1. The van der Waals surface area contributed by atoms with Crippen molar-refractivity contribution in [3.63, 3.8) is 0 Å². The van der Waals surface area contributed by atoms with Crippen molar-refractivity contribution in [2.75, 3.05) is 11.1 Å². The summed E-state index contributed by atoms with van der Waals surface area (Å²) in [6.45, 7) is 6.23. The number of carbonyl (C=O) groups excluding carboxylic acids is 1. The van der Waals surface area contributed by atoms with E-state index in [1.54, 1.807) is 6.08 Å². The van der Waals surface area contributed by atoms with E-state index in [0.29, 0.717) is 12.3 Å². The largest absolute Gasteiger partial charge is 0.325 e. The second-order valence-corrected chi connectivity index (χ2v) is 6.46. The molecular weight excluding hydrogens is 399 g/mol. The van der Waals surface area contributed by atoms with E-state index in [4.69, 9.17) is 0 Å². The monoisotopic (exact) mass is 414 g/mol. The molecule has 1 aromatic heterocycles. The molecule has 5 nitrogen and oxygen atoms in total. The van der Waals surface area contributed by atoms with Gasteiger partial charge in [0.15, 0.2) is 5.16 Å². The molecule has 0 aliphatic rings. The molecule has 1 amide bonds. The Bertz CT molecular complexity index is 656. The van der Waals surface area contributed by atoms with Crippen molar-refractivity contribution in [1.29, 1.82) is 0 Å². The van der Waals surface area contributed by atoms with E-state index in [-0.39, 0.29) is 5.91 Å². The number of rotatable bonds is 6. The highest BCUT2D eigenvalue weighted by Crippen LogP contribution is 2.18. The molecule has 2 rings (SSSR count). The molecule has 0 saturated carbocycles. The highest BCUT2D eigenvalue weighted by Gasteiger charge is 2.11. The first-order valence-corrected chi connectivity index (χ1v) is 8.35. The van der Waals surface area contributed by atoms with Gasteiger partial charge in [0, 0.05) is 15.8 Å². The lowest BCUT2D eigenvalue weighted by Gasteiger charge is -2.06. The summed E-state index contributed by atoms with van der Waals surface area (Å²) in [5, 5.41) is 11.7. The Morgan fingerprint density at radius 3 is 3.05 bits per heavy atom. The average molecular weight is 414 g/mol. The number of amides is 1. The van der Waals surface area contributed by atoms with Crippen LogP contribution in [0, 0.1) is 10.5 Å². The second-order valence-electron chi connectivity index (χ2n) is 4.28. The fourth-order valence-electron chi connectivity index (χ4n) is 1.70. The lowest BCUT2D eigenvalue weighted by Crippen LogP contribution is -2.14. The molecule has 0 saturated heterocycles. The lowest BCUT2D eigenvalue weighted by molar-refractivity contribution is -0.113. The van der Waals surface area contributed by atoms with Crippen molar-refractivity contribution in [2.45, 2.75) is 18.6 Å². The van der Waals surface area contributed by atoms with Gasteiger partial charge in [-0.3, -0.25) is 4.79 Å². The summed E-state index contributed by atoms with van der Waals surface area (Å²) >= 11 is 3.58. The number of halogens is 1. The number of nitrogens with zero attached hydrogens (tertiary/aromatic N) is 3. The third kappa shape index (κ3) is 4.57. The maximum atomic E-state index is 12.0. The number of allylic oxidation sites excluding steroid dienone is 1. The molecule has 0 bridgehead atoms. The number of thioether (sulfide) groups is 1. The molecule has 1 heterocycles. The minimum Gasteiger partial charge on any atom is -0.325 e. The van der Waals surface area contributed by atoms with Gasteiger partial charge in [0.25, 0.3) is 0 Å². The van der Waals surface area contributed by atoms with Gasteiger partial charge in [-0.15, -0.1) is 16.8 Å². The Labute approximate surface area is 141 Å². The van der Waals surface area contributed by atoms with Crippen molar-refractivity contribution in [3.05, 3.63) is 46.3 Å². The van der Waals surface area contributed by atoms with Crippen LogP contribution < -0.4 is 5.32 Å². The normalized spacial score (nSPS) is 10.4. The van der Waals surface area contributed by atoms with Gasteiger partial charge in [0.05, 0.1) is 5.75 Å². The predicted molar refractivity (Wildman–Crippen MR) is 93.5 cm³/mol. The van der Waals surface area contributed by atoms with E-state index in [9.17, 15) is 4.79 Å². The highest BCUT2D eigenvalue weighted by atomic mass is 127. The minimum atomic E-state index is -0.0622. The molecule has 0 radical (unpaired) electrons. The van der Waals surface area contributed by atoms with Crippen molar-refractivity contribution in [1.82, 2.24) is 14.8 Å². The second kappa shape index (κ2) is 7.60. The maximum Gasteiger partial charge on any atom is 0.234 e. The molecule has 110 valence electrons. The summed E-state index contributed by atoms with van der Waals surface area (Å²) in [4.78, 5) is 12.0. The molecule has 1 N–H and O–H groups in total. The predicted octanol–water partition coefficient (Wildman–Crippen LogP) is 3.11. The first-order valence-electron chi connectivity index (χ1n) is 6.29. The van der Waals surface area contributed by atoms with Gasteiger partial charge in [-0.25, -0.2) is 0 Å². The summed E-state index contributed by atoms with van der Waals surface area (Å²) in [5.74, 6) is 1.05. The SMILES string of the molecule is C=CCn1c(C)nnc1SCC(=O)Nc1cccc(I)c1. The lowest BCUT2D eigenvalue weighted by atomic mass is 10.3. The highest BCUT2D eigenvalue weighted by molar-refractivity contribution is 14.1. The minimum absolute atomic E-state index is 0.0622. The Hall–Kier alpha value is -1.35. The average Bonchev–Trinajstić information content (AvgIpc) is 2.78. The molecule has 0 unspecified atom stereocenters. The van der Waals surface area contributed by atoms with Gasteiger partial charge in [0.1, 0.15) is 5.82 Å². The zero-order valence-corrected chi connectivity index (χ0v) is 14.5. The van der Waals surface area contributed by atoms with Crippen LogP contribution in [-0.4, -0.2) is 26.4 Å². The molecule has 7 heteroatoms. The van der Waals surface area contributed by atoms with Gasteiger partial charge < -0.3 is 9.88 Å². The molecule has 21 heavy (non-hydrogen) atoms. The molecule has 0 aliphatic heterocycles. The van der Waals surface area contributed by atoms with E-state index in [2.05, 4.69) is 44.7 Å². The smallest absolute Gasteiger partial charge is 0.234 e. The van der Waals surface area contributed by atoms with Crippen LogP contribution in [0.3, 0.4) is 0 Å². The van der Waals surface area contributed by atoms with Crippen molar-refractivity contribution < 1.29 is 4.79 Å². The molecule has 1 aromatic carbocycles. The van der Waals surface area contributed by atoms with Crippen molar-refractivity contribution in [2.24, 2.45) is 0 Å². The Kier molecular flexibility index (Phi) is 5.80. The number of carbonyl (C=O) groups is 1. The third-order valence-electron chi connectivity index (χ3n) is 2.65. The van der Waals surface area contributed by atoms with Gasteiger partial charge >= 0.3 is 0 Å². The number of anilines is 1. The topological polar surface area (TPSA) is 59.8 Å². The van der Waals surface area contributed by atoms with Gasteiger partial charge in [0.2, 0.25) is 5.91 Å². The zero-order chi connectivity index (χ0) is 15.2. The number of hydrogen-bond acceptors (Lipinski definition) is 4. The summed E-state index contributed by atoms with van der Waals surface area (Å²) in [5.41, 5.74) is 0.802. The molecule has 0 fully saturated rings. The number of hydrogen-bond donors (Lipinski definition) is 1. The standard InChI is InChI=1S/C14H15IN4OS/c1-3-7-19-10(2)17-18-14(19)21-9-13(20)16-12-6-4-5-11(15)8-12/h3-6,8H,1,7,9H2,2H3,(H,16,20). The van der Waals surface area contributed by atoms with Crippen LogP contribution >= 0.6 is 34.4 Å². The fourth-order valence-corrected chi connectivity index (χ4v) is 3.04. The van der Waals surface area contributed by atoms with Gasteiger partial charge in [-0.1, -0.05) is 23.9 Å². The van der Waals surface area contributed by atoms with Crippen LogP contribution in [0.2, 0.25) is 0 Å². The van der Waals surface area contributed by atoms with Crippen LogP contribution in [0.25, 0.3) is 0 Å². The number of aryl methyl sites for hydroxylation is 1. The van der Waals surface area contributed by atoms with Crippen LogP contribution in [0.5, 0.6) is 0 Å². The summed E-state index contributed by atoms with van der Waals surface area (Å²) < 4.78 is 3.01. The van der Waals surface area contributed by atoms with E-state index in [1.165, 1.54) is 11.8 Å². The summed E-state index contributed by atoms with van der Waals surface area (Å²) in [6.07, 6.45) is 1.78. The first kappa shape index (κ1) is 16.0. The summed E-state index contributed by atoms with van der Waals surface area (Å²) in [7, 11) is 0. The van der Waals surface area contributed by atoms with E-state index >= 15 is 0 Å². The van der Waals surface area contributed by atoms with Crippen molar-refractivity contribution >= 4 is 45.9 Å². The van der Waals surface area contributed by atoms with E-state index in [1.807, 2.05) is 35.8 Å². The number of aromatic nitrogens is 3. The quantitative estimate of drug-likeness (QED) is 0.449. The van der Waals surface area contributed by atoms with E-state index < -0.39 is 0 Å².